The van der Waals surface area contributed by atoms with Crippen molar-refractivity contribution in [2.24, 2.45) is 0 Å². The number of amides is 2. The molecule has 6 nitrogen and oxygen atoms in total. The summed E-state index contributed by atoms with van der Waals surface area (Å²) in [7, 11) is 0. The third kappa shape index (κ3) is 5.50. The molecule has 0 radical (unpaired) electrons. The minimum atomic E-state index is -0.0667. The van der Waals surface area contributed by atoms with Gasteiger partial charge in [-0.15, -0.1) is 0 Å². The van der Waals surface area contributed by atoms with Crippen molar-refractivity contribution in [3.8, 4) is 5.75 Å². The lowest BCUT2D eigenvalue weighted by molar-refractivity contribution is -0.121. The average Bonchev–Trinajstić information content (AvgIpc) is 2.91. The molecule has 3 aromatic rings. The molecule has 0 unspecified atom stereocenters. The van der Waals surface area contributed by atoms with Gasteiger partial charge >= 0.3 is 0 Å². The Morgan fingerprint density at radius 2 is 1.69 bits per heavy atom. The van der Waals surface area contributed by atoms with Gasteiger partial charge in [0.15, 0.2) is 6.61 Å². The number of anilines is 1. The molecule has 184 valence electrons. The monoisotopic (exact) mass is 481 g/mol. The van der Waals surface area contributed by atoms with E-state index in [1.54, 1.807) is 4.90 Å². The average molecular weight is 482 g/mol. The molecule has 0 saturated carbocycles. The van der Waals surface area contributed by atoms with Crippen molar-refractivity contribution in [3.05, 3.63) is 101 Å². The summed E-state index contributed by atoms with van der Waals surface area (Å²) in [5, 5.41) is 0. The Morgan fingerprint density at radius 1 is 0.944 bits per heavy atom. The molecule has 1 fully saturated rings. The smallest absolute Gasteiger partial charge is 0.265 e. The summed E-state index contributed by atoms with van der Waals surface area (Å²) in [5.41, 5.74) is 4.74. The SMILES string of the molecule is Cc1ccc2c(c1)OCC(=O)N2Cc1ccc(C(=O)N2CCN(CC=Cc3ccccc3)CC2)cc1. The van der Waals surface area contributed by atoms with Crippen molar-refractivity contribution in [1.82, 2.24) is 9.80 Å². The van der Waals surface area contributed by atoms with Crippen LogP contribution in [0.5, 0.6) is 5.75 Å². The Bertz CT molecular complexity index is 1250. The van der Waals surface area contributed by atoms with Crippen LogP contribution in [0.1, 0.15) is 27.0 Å². The second-order valence-corrected chi connectivity index (χ2v) is 9.34. The molecule has 2 amide bonds. The molecule has 0 atom stereocenters. The van der Waals surface area contributed by atoms with Gasteiger partial charge < -0.3 is 14.5 Å². The van der Waals surface area contributed by atoms with Crippen LogP contribution >= 0.6 is 0 Å². The summed E-state index contributed by atoms with van der Waals surface area (Å²) in [5.74, 6) is 0.725. The van der Waals surface area contributed by atoms with Gasteiger partial charge in [-0.05, 0) is 47.9 Å². The number of hydrogen-bond donors (Lipinski definition) is 0. The highest BCUT2D eigenvalue weighted by Crippen LogP contribution is 2.33. The zero-order chi connectivity index (χ0) is 24.9. The predicted octanol–water partition coefficient (Wildman–Crippen LogP) is 4.39. The molecule has 3 aromatic carbocycles. The fraction of sp³-hybridized carbons (Fsp3) is 0.267. The van der Waals surface area contributed by atoms with Gasteiger partial charge in [-0.1, -0.05) is 60.7 Å². The van der Waals surface area contributed by atoms with Crippen molar-refractivity contribution < 1.29 is 14.3 Å². The Morgan fingerprint density at radius 3 is 2.44 bits per heavy atom. The zero-order valence-electron chi connectivity index (χ0n) is 20.6. The summed E-state index contributed by atoms with van der Waals surface area (Å²) in [6, 6.07) is 23.8. The van der Waals surface area contributed by atoms with Crippen molar-refractivity contribution in [2.75, 3.05) is 44.2 Å². The maximum Gasteiger partial charge on any atom is 0.265 e. The first-order valence-electron chi connectivity index (χ1n) is 12.4. The lowest BCUT2D eigenvalue weighted by atomic mass is 10.1. The first kappa shape index (κ1) is 23.8. The van der Waals surface area contributed by atoms with Gasteiger partial charge in [0.1, 0.15) is 5.75 Å². The number of ether oxygens (including phenoxy) is 1. The Kier molecular flexibility index (Phi) is 7.14. The van der Waals surface area contributed by atoms with Crippen LogP contribution in [0.3, 0.4) is 0 Å². The van der Waals surface area contributed by atoms with Crippen LogP contribution in [0, 0.1) is 6.92 Å². The minimum Gasteiger partial charge on any atom is -0.482 e. The number of carbonyl (C=O) groups excluding carboxylic acids is 2. The number of hydrogen-bond acceptors (Lipinski definition) is 4. The standard InChI is InChI=1S/C30H31N3O3/c1-23-9-14-27-28(20-23)36-22-29(34)33(27)21-25-10-12-26(13-11-25)30(35)32-18-16-31(17-19-32)15-5-8-24-6-3-2-4-7-24/h2-14,20H,15-19,21-22H2,1H3. The molecular formula is C30H31N3O3. The van der Waals surface area contributed by atoms with Gasteiger partial charge in [0.2, 0.25) is 0 Å². The van der Waals surface area contributed by atoms with Crippen LogP contribution < -0.4 is 9.64 Å². The van der Waals surface area contributed by atoms with E-state index in [1.165, 1.54) is 5.56 Å². The van der Waals surface area contributed by atoms with Crippen molar-refractivity contribution in [3.63, 3.8) is 0 Å². The van der Waals surface area contributed by atoms with Gasteiger partial charge in [0, 0.05) is 38.3 Å². The molecule has 36 heavy (non-hydrogen) atoms. The Labute approximate surface area is 212 Å². The van der Waals surface area contributed by atoms with Crippen molar-refractivity contribution >= 4 is 23.6 Å². The van der Waals surface area contributed by atoms with E-state index < -0.39 is 0 Å². The highest BCUT2D eigenvalue weighted by atomic mass is 16.5. The molecule has 0 spiro atoms. The Balaban J connectivity index is 1.15. The third-order valence-electron chi connectivity index (χ3n) is 6.73. The van der Waals surface area contributed by atoms with Gasteiger partial charge in [-0.25, -0.2) is 0 Å². The van der Waals surface area contributed by atoms with Gasteiger partial charge in [0.25, 0.3) is 11.8 Å². The largest absolute Gasteiger partial charge is 0.482 e. The molecule has 2 aliphatic heterocycles. The van der Waals surface area contributed by atoms with Crippen molar-refractivity contribution in [2.45, 2.75) is 13.5 Å². The number of carbonyl (C=O) groups is 2. The van der Waals surface area contributed by atoms with Crippen LogP contribution in [0.25, 0.3) is 6.08 Å². The fourth-order valence-electron chi connectivity index (χ4n) is 4.64. The number of nitrogens with zero attached hydrogens (tertiary/aromatic N) is 3. The first-order valence-corrected chi connectivity index (χ1v) is 12.4. The summed E-state index contributed by atoms with van der Waals surface area (Å²) in [6.07, 6.45) is 4.33. The van der Waals surface area contributed by atoms with Gasteiger partial charge in [0.05, 0.1) is 12.2 Å². The zero-order valence-corrected chi connectivity index (χ0v) is 20.6. The van der Waals surface area contributed by atoms with E-state index >= 15 is 0 Å². The van der Waals surface area contributed by atoms with Crippen LogP contribution in [-0.2, 0) is 11.3 Å². The molecule has 0 aromatic heterocycles. The summed E-state index contributed by atoms with van der Waals surface area (Å²) in [4.78, 5) is 31.6. The number of rotatable bonds is 6. The van der Waals surface area contributed by atoms with Crippen LogP contribution in [-0.4, -0.2) is 60.9 Å². The second-order valence-electron chi connectivity index (χ2n) is 9.34. The summed E-state index contributed by atoms with van der Waals surface area (Å²) in [6.45, 7) is 6.54. The maximum atomic E-state index is 13.1. The van der Waals surface area contributed by atoms with E-state index in [9.17, 15) is 9.59 Å². The van der Waals surface area contributed by atoms with E-state index in [-0.39, 0.29) is 18.4 Å². The maximum absolute atomic E-state index is 13.1. The van der Waals surface area contributed by atoms with E-state index in [0.717, 1.165) is 55.3 Å². The van der Waals surface area contributed by atoms with Gasteiger partial charge in [-0.2, -0.15) is 0 Å². The number of benzene rings is 3. The lowest BCUT2D eigenvalue weighted by Crippen LogP contribution is -2.48. The Hall–Kier alpha value is -3.90. The second kappa shape index (κ2) is 10.8. The van der Waals surface area contributed by atoms with E-state index in [0.29, 0.717) is 12.1 Å². The van der Waals surface area contributed by atoms with Crippen LogP contribution in [0.15, 0.2) is 78.9 Å². The minimum absolute atomic E-state index is 0.0427. The van der Waals surface area contributed by atoms with Crippen molar-refractivity contribution in [1.29, 1.82) is 0 Å². The van der Waals surface area contributed by atoms with E-state index in [1.807, 2.05) is 72.5 Å². The number of piperazine rings is 1. The molecule has 2 heterocycles. The van der Waals surface area contributed by atoms with Gasteiger partial charge in [-0.3, -0.25) is 14.5 Å². The molecule has 5 rings (SSSR count). The molecule has 1 saturated heterocycles. The molecule has 0 aliphatic carbocycles. The van der Waals surface area contributed by atoms with E-state index in [2.05, 4.69) is 29.2 Å². The number of aryl methyl sites for hydroxylation is 1. The van der Waals surface area contributed by atoms with Crippen LogP contribution in [0.2, 0.25) is 0 Å². The quantitative estimate of drug-likeness (QED) is 0.524. The molecule has 6 heteroatoms. The molecule has 0 bridgehead atoms. The fourth-order valence-corrected chi connectivity index (χ4v) is 4.64. The lowest BCUT2D eigenvalue weighted by Gasteiger charge is -2.34. The van der Waals surface area contributed by atoms with Crippen LogP contribution in [0.4, 0.5) is 5.69 Å². The number of fused-ring (bicyclic) bond motifs is 1. The molecular weight excluding hydrogens is 450 g/mol. The highest BCUT2D eigenvalue weighted by Gasteiger charge is 2.26. The summed E-state index contributed by atoms with van der Waals surface area (Å²) < 4.78 is 5.60. The van der Waals surface area contributed by atoms with E-state index in [4.69, 9.17) is 4.74 Å². The third-order valence-corrected chi connectivity index (χ3v) is 6.73. The first-order chi connectivity index (χ1) is 17.6. The predicted molar refractivity (Wildman–Crippen MR) is 142 cm³/mol. The molecule has 2 aliphatic rings. The molecule has 0 N–H and O–H groups in total. The summed E-state index contributed by atoms with van der Waals surface area (Å²) >= 11 is 0. The normalized spacial score (nSPS) is 16.2. The topological polar surface area (TPSA) is 53.1 Å². The highest BCUT2D eigenvalue weighted by molar-refractivity contribution is 5.98.